The van der Waals surface area contributed by atoms with Crippen molar-refractivity contribution in [2.75, 3.05) is 0 Å². The van der Waals surface area contributed by atoms with Crippen LogP contribution < -0.4 is 0 Å². The monoisotopic (exact) mass is 305 g/mol. The Bertz CT molecular complexity index is 592. The number of carbonyl (C=O) groups is 1. The smallest absolute Gasteiger partial charge is 0.227 e. The first-order chi connectivity index (χ1) is 9.74. The van der Waals surface area contributed by atoms with E-state index < -0.39 is 0 Å². The zero-order valence-electron chi connectivity index (χ0n) is 11.1. The Morgan fingerprint density at radius 2 is 2.05 bits per heavy atom. The zero-order valence-corrected chi connectivity index (χ0v) is 12.7. The summed E-state index contributed by atoms with van der Waals surface area (Å²) in [6, 6.07) is 12.1. The predicted molar refractivity (Wildman–Crippen MR) is 83.0 cm³/mol. The maximum Gasteiger partial charge on any atom is 0.227 e. The van der Waals surface area contributed by atoms with Gasteiger partial charge in [0.25, 0.3) is 0 Å². The van der Waals surface area contributed by atoms with E-state index in [0.29, 0.717) is 17.5 Å². The predicted octanol–water partition coefficient (Wildman–Crippen LogP) is 4.14. The van der Waals surface area contributed by atoms with Crippen LogP contribution in [0, 0.1) is 0 Å². The van der Waals surface area contributed by atoms with E-state index in [1.807, 2.05) is 35.2 Å². The molecule has 1 aliphatic carbocycles. The van der Waals surface area contributed by atoms with Gasteiger partial charge in [0, 0.05) is 15.9 Å². The molecule has 4 heteroatoms. The molecule has 2 aromatic rings. The van der Waals surface area contributed by atoms with Gasteiger partial charge in [0.1, 0.15) is 0 Å². The molecule has 1 fully saturated rings. The average Bonchev–Trinajstić information content (AvgIpc) is 3.15. The second-order valence-electron chi connectivity index (χ2n) is 5.10. The van der Waals surface area contributed by atoms with Crippen LogP contribution in [-0.4, -0.2) is 16.8 Å². The van der Waals surface area contributed by atoms with E-state index in [-0.39, 0.29) is 5.91 Å². The maximum atomic E-state index is 12.5. The summed E-state index contributed by atoms with van der Waals surface area (Å²) in [4.78, 5) is 15.8. The van der Waals surface area contributed by atoms with Crippen LogP contribution in [0.15, 0.2) is 41.8 Å². The lowest BCUT2D eigenvalue weighted by atomic mass is 10.1. The van der Waals surface area contributed by atoms with Crippen molar-refractivity contribution in [1.29, 1.82) is 0 Å². The van der Waals surface area contributed by atoms with Gasteiger partial charge < -0.3 is 4.90 Å². The molecule has 1 saturated carbocycles. The van der Waals surface area contributed by atoms with Gasteiger partial charge in [0.15, 0.2) is 0 Å². The van der Waals surface area contributed by atoms with E-state index in [9.17, 15) is 4.79 Å². The second-order valence-corrected chi connectivity index (χ2v) is 6.54. The van der Waals surface area contributed by atoms with Gasteiger partial charge in [0.2, 0.25) is 5.91 Å². The molecular formula is C16H16ClNOS. The number of benzene rings is 1. The van der Waals surface area contributed by atoms with Gasteiger partial charge in [-0.2, -0.15) is 0 Å². The second kappa shape index (κ2) is 5.98. The van der Waals surface area contributed by atoms with Gasteiger partial charge in [-0.3, -0.25) is 4.79 Å². The normalized spacial score (nSPS) is 14.2. The molecule has 1 aliphatic rings. The summed E-state index contributed by atoms with van der Waals surface area (Å²) in [6.45, 7) is 0.728. The molecule has 0 bridgehead atoms. The number of halogens is 1. The van der Waals surface area contributed by atoms with Gasteiger partial charge in [-0.25, -0.2) is 0 Å². The highest BCUT2D eigenvalue weighted by Gasteiger charge is 2.32. The molecule has 3 rings (SSSR count). The summed E-state index contributed by atoms with van der Waals surface area (Å²) in [5, 5.41) is 2.73. The highest BCUT2D eigenvalue weighted by molar-refractivity contribution is 7.09. The number of nitrogens with zero attached hydrogens (tertiary/aromatic N) is 1. The Balaban J connectivity index is 1.71. The first kappa shape index (κ1) is 13.7. The van der Waals surface area contributed by atoms with Gasteiger partial charge >= 0.3 is 0 Å². The molecule has 0 aliphatic heterocycles. The van der Waals surface area contributed by atoms with Crippen LogP contribution in [0.5, 0.6) is 0 Å². The number of amides is 1. The first-order valence-corrected chi connectivity index (χ1v) is 8.05. The highest BCUT2D eigenvalue weighted by atomic mass is 35.5. The van der Waals surface area contributed by atoms with Crippen molar-refractivity contribution in [1.82, 2.24) is 4.90 Å². The fourth-order valence-electron chi connectivity index (χ4n) is 2.28. The summed E-state index contributed by atoms with van der Waals surface area (Å²) in [5.41, 5.74) is 0.913. The Morgan fingerprint density at radius 1 is 1.25 bits per heavy atom. The van der Waals surface area contributed by atoms with Crippen LogP contribution >= 0.6 is 22.9 Å². The summed E-state index contributed by atoms with van der Waals surface area (Å²) in [6.07, 6.45) is 2.64. The lowest BCUT2D eigenvalue weighted by Crippen LogP contribution is -2.33. The van der Waals surface area contributed by atoms with Crippen molar-refractivity contribution < 1.29 is 4.79 Å². The summed E-state index contributed by atoms with van der Waals surface area (Å²) >= 11 is 7.85. The fourth-order valence-corrected chi connectivity index (χ4v) is 3.19. The highest BCUT2D eigenvalue weighted by Crippen LogP contribution is 2.30. The lowest BCUT2D eigenvalue weighted by Gasteiger charge is -2.22. The number of hydrogen-bond donors (Lipinski definition) is 0. The quantitative estimate of drug-likeness (QED) is 0.813. The van der Waals surface area contributed by atoms with Gasteiger partial charge in [-0.05, 0) is 35.9 Å². The molecule has 0 N–H and O–H groups in total. The van der Waals surface area contributed by atoms with E-state index >= 15 is 0 Å². The SMILES string of the molecule is O=C(Cc1ccccc1Cl)N(Cc1cccs1)C1CC1. The molecule has 1 aromatic carbocycles. The van der Waals surface area contributed by atoms with Crippen LogP contribution in [0.1, 0.15) is 23.3 Å². The van der Waals surface area contributed by atoms with Crippen LogP contribution in [0.4, 0.5) is 0 Å². The van der Waals surface area contributed by atoms with Crippen molar-refractivity contribution >= 4 is 28.8 Å². The number of hydrogen-bond acceptors (Lipinski definition) is 2. The molecule has 2 nitrogen and oxygen atoms in total. The van der Waals surface area contributed by atoms with Crippen molar-refractivity contribution in [3.63, 3.8) is 0 Å². The maximum absolute atomic E-state index is 12.5. The molecule has 0 saturated heterocycles. The summed E-state index contributed by atoms with van der Waals surface area (Å²) in [5.74, 6) is 0.175. The topological polar surface area (TPSA) is 20.3 Å². The van der Waals surface area contributed by atoms with Crippen molar-refractivity contribution in [2.24, 2.45) is 0 Å². The van der Waals surface area contributed by atoms with Gasteiger partial charge in [0.05, 0.1) is 13.0 Å². The van der Waals surface area contributed by atoms with E-state index in [0.717, 1.165) is 24.9 Å². The minimum Gasteiger partial charge on any atom is -0.334 e. The number of thiophene rings is 1. The minimum atomic E-state index is 0.175. The Labute approximate surface area is 128 Å². The lowest BCUT2D eigenvalue weighted by molar-refractivity contribution is -0.131. The largest absolute Gasteiger partial charge is 0.334 e. The molecule has 0 spiro atoms. The van der Waals surface area contributed by atoms with Gasteiger partial charge in [-0.1, -0.05) is 35.9 Å². The molecule has 0 unspecified atom stereocenters. The molecule has 1 aromatic heterocycles. The van der Waals surface area contributed by atoms with E-state index in [2.05, 4.69) is 11.4 Å². The summed E-state index contributed by atoms with van der Waals surface area (Å²) in [7, 11) is 0. The van der Waals surface area contributed by atoms with Crippen LogP contribution in [0.2, 0.25) is 5.02 Å². The average molecular weight is 306 g/mol. The first-order valence-electron chi connectivity index (χ1n) is 6.79. The zero-order chi connectivity index (χ0) is 13.9. The van der Waals surface area contributed by atoms with E-state index in [4.69, 9.17) is 11.6 Å². The Kier molecular flexibility index (Phi) is 4.08. The number of rotatable bonds is 5. The van der Waals surface area contributed by atoms with Gasteiger partial charge in [-0.15, -0.1) is 11.3 Å². The number of carbonyl (C=O) groups excluding carboxylic acids is 1. The third kappa shape index (κ3) is 3.22. The van der Waals surface area contributed by atoms with Crippen LogP contribution in [0.25, 0.3) is 0 Å². The molecule has 0 radical (unpaired) electrons. The standard InChI is InChI=1S/C16H16ClNOS/c17-15-6-2-1-4-12(15)10-16(19)18(13-7-8-13)11-14-5-3-9-20-14/h1-6,9,13H,7-8,10-11H2. The Morgan fingerprint density at radius 3 is 2.70 bits per heavy atom. The van der Waals surface area contributed by atoms with E-state index in [1.54, 1.807) is 11.3 Å². The third-order valence-electron chi connectivity index (χ3n) is 3.51. The fraction of sp³-hybridized carbons (Fsp3) is 0.312. The van der Waals surface area contributed by atoms with Crippen LogP contribution in [0.3, 0.4) is 0 Å². The molecule has 0 atom stereocenters. The van der Waals surface area contributed by atoms with Crippen molar-refractivity contribution in [2.45, 2.75) is 31.8 Å². The molecular weight excluding hydrogens is 290 g/mol. The van der Waals surface area contributed by atoms with E-state index in [1.165, 1.54) is 4.88 Å². The minimum absolute atomic E-state index is 0.175. The summed E-state index contributed by atoms with van der Waals surface area (Å²) < 4.78 is 0. The Hall–Kier alpha value is -1.32. The molecule has 104 valence electrons. The molecule has 20 heavy (non-hydrogen) atoms. The third-order valence-corrected chi connectivity index (χ3v) is 4.74. The van der Waals surface area contributed by atoms with Crippen molar-refractivity contribution in [3.8, 4) is 0 Å². The van der Waals surface area contributed by atoms with Crippen molar-refractivity contribution in [3.05, 3.63) is 57.2 Å². The van der Waals surface area contributed by atoms with Crippen LogP contribution in [-0.2, 0) is 17.8 Å². The molecule has 1 amide bonds. The molecule has 1 heterocycles.